The van der Waals surface area contributed by atoms with Crippen LogP contribution in [0, 0.1) is 0 Å². The molecule has 0 aliphatic rings. The minimum atomic E-state index is -5.39. The summed E-state index contributed by atoms with van der Waals surface area (Å²) < 4.78 is 103. The van der Waals surface area contributed by atoms with E-state index in [1.54, 1.807) is 0 Å². The van der Waals surface area contributed by atoms with E-state index < -0.39 is 93.9 Å². The Morgan fingerprint density at radius 3 is 0.0729 bits per heavy atom. The van der Waals surface area contributed by atoms with Crippen molar-refractivity contribution < 1.29 is 1300 Å². The van der Waals surface area contributed by atoms with Crippen molar-refractivity contribution in [1.29, 1.82) is 0 Å². The summed E-state index contributed by atoms with van der Waals surface area (Å²) in [6, 6.07) is 0. The van der Waals surface area contributed by atoms with E-state index in [-0.39, 0.29) is 1060 Å². The average molecular weight is 1970 g/mol. The molecule has 0 atom stereocenters. The normalized spacial score (nSPS) is 7.38. The Kier molecular flexibility index (Phi) is 638. The number of rotatable bonds is 0. The molecule has 0 radical (unpaired) electrons. The van der Waals surface area contributed by atoms with Crippen molar-refractivity contribution in [3.8, 4) is 0 Å². The largest absolute Gasteiger partial charge is 1.00 e. The molecule has 96 heavy (non-hydrogen) atoms. The third kappa shape index (κ3) is 1600. The molecule has 0 aliphatic heterocycles. The van der Waals surface area contributed by atoms with Crippen molar-refractivity contribution in [3.63, 3.8) is 0 Å². The molecule has 0 heterocycles. The van der Waals surface area contributed by atoms with Crippen molar-refractivity contribution in [1.82, 2.24) is 0 Å². The zero-order chi connectivity index (χ0) is 54.0. The number of hydrogen-bond acceptors (Lipinski definition) is 48. The molecule has 0 N–H and O–H groups in total. The van der Waals surface area contributed by atoms with E-state index in [1.165, 1.54) is 0 Å². The first-order chi connectivity index (χ1) is 24.0. The van der Waals surface area contributed by atoms with Gasteiger partial charge in [-0.2, -0.15) is 93.9 Å². The average Bonchev–Trinajstić information content (AvgIpc) is 2.48. The van der Waals surface area contributed by atoms with Gasteiger partial charge in [0.15, 0.2) is 0 Å². The fourth-order valence-electron chi connectivity index (χ4n) is 0. The van der Waals surface area contributed by atoms with E-state index in [0.29, 0.717) is 0 Å². The molecule has 48 nitrogen and oxygen atoms in total. The summed E-state index contributed by atoms with van der Waals surface area (Å²) in [5.41, 5.74) is 0. The van der Waals surface area contributed by atoms with Gasteiger partial charge in [0, 0.05) is 0 Å². The Morgan fingerprint density at radius 2 is 0.0729 bits per heavy atom. The van der Waals surface area contributed by atoms with E-state index in [4.69, 9.17) is 231 Å². The summed E-state index contributed by atoms with van der Waals surface area (Å²) in [5.74, 6) is 0. The summed E-state index contributed by atoms with van der Waals surface area (Å²) in [6.07, 6.45) is 0. The van der Waals surface area contributed by atoms with Crippen LogP contribution in [0.1, 0.15) is 0 Å². The van der Waals surface area contributed by atoms with Crippen LogP contribution in [-0.4, -0.2) is 0 Å². The number of phosphoric acid groups is 12. The Labute approximate surface area is 1350 Å². The summed E-state index contributed by atoms with van der Waals surface area (Å²) in [4.78, 5) is 308. The molecule has 0 bridgehead atoms. The van der Waals surface area contributed by atoms with Crippen molar-refractivity contribution >= 4 is 93.9 Å². The van der Waals surface area contributed by atoms with Gasteiger partial charge in [-0.05, 0) is 0 Å². The number of hydrogen-bond donors (Lipinski definition) is 0. The van der Waals surface area contributed by atoms with Gasteiger partial charge < -0.3 is 231 Å². The third-order valence-electron chi connectivity index (χ3n) is 0. The molecule has 0 aliphatic carbocycles. The summed E-state index contributed by atoms with van der Waals surface area (Å²) >= 11 is 0. The van der Waals surface area contributed by atoms with Gasteiger partial charge in [0.25, 0.3) is 0 Å². The van der Waals surface area contributed by atoms with Gasteiger partial charge in [-0.25, -0.2) is 0 Å². The maximum absolute atomic E-state index is 8.55. The molecular weight excluding hydrogens is 1970 g/mol. The molecule has 0 unspecified atom stereocenters. The van der Waals surface area contributed by atoms with Gasteiger partial charge in [0.2, 0.25) is 0 Å². The molecule has 0 spiro atoms. The summed E-state index contributed by atoms with van der Waals surface area (Å²) in [7, 11) is -64.7. The molecule has 0 saturated carbocycles. The van der Waals surface area contributed by atoms with Gasteiger partial charge in [-0.1, -0.05) is 0 Å². The monoisotopic (exact) mass is 1970 g/mol. The molecule has 0 fully saturated rings. The Morgan fingerprint density at radius 1 is 0.0729 bits per heavy atom. The SMILES string of the molecule is O=P([O-])([O-])[O-].O=P([O-])([O-])[O-].O=P([O-])([O-])[O-].O=P([O-])([O-])[O-].O=P([O-])([O-])[O-].O=P([O-])([O-])[O-].O=P([O-])([O-])[O-].O=P([O-])([O-])[O-].O=P([O-])([O-])[O-].O=P([O-])([O-])[O-].O=P([O-])([O-])[O-].O=P([O-])([O-])[O-].[Na+].[Na+].[Na+].[Na+].[Na+].[Na+].[Na+].[Na+].[Na+].[Na+].[Na+].[Na+].[Na+].[Na+].[Na+].[Na+].[Na+].[Na+].[Na+].[Na+].[Na+].[Na+].[Na+].[Na+].[Na+].[Na+].[Na+].[Na+].[Na+].[Na+].[Na+].[Na+].[Na+].[Na+].[Na+].[Na+]. The van der Waals surface area contributed by atoms with Crippen molar-refractivity contribution in [3.05, 3.63) is 0 Å². The predicted molar refractivity (Wildman–Crippen MR) is 91.3 cm³/mol. The van der Waals surface area contributed by atoms with E-state index in [0.717, 1.165) is 0 Å². The first-order valence-corrected chi connectivity index (χ1v) is 26.3. The molecular formula is Na36O48P12. The van der Waals surface area contributed by atoms with E-state index in [9.17, 15) is 0 Å². The molecule has 384 valence electrons. The summed E-state index contributed by atoms with van der Waals surface area (Å²) in [5, 5.41) is 0. The maximum atomic E-state index is 8.55. The van der Waals surface area contributed by atoms with E-state index >= 15 is 0 Å². The van der Waals surface area contributed by atoms with Crippen LogP contribution in [0.3, 0.4) is 0 Å². The Hall–Kier alpha value is 37.3. The van der Waals surface area contributed by atoms with Crippen LogP contribution in [0.25, 0.3) is 0 Å². The zero-order valence-electron chi connectivity index (χ0n) is 61.0. The minimum Gasteiger partial charge on any atom is -0.822 e. The molecule has 0 aromatic carbocycles. The second-order valence-corrected chi connectivity index (χ2v) is 16.1. The minimum absolute atomic E-state index is 0. The van der Waals surface area contributed by atoms with Crippen LogP contribution in [0.15, 0.2) is 0 Å². The third-order valence-corrected chi connectivity index (χ3v) is 0. The quantitative estimate of drug-likeness (QED) is 0.160. The van der Waals surface area contributed by atoms with E-state index in [2.05, 4.69) is 0 Å². The van der Waals surface area contributed by atoms with Gasteiger partial charge >= 0.3 is 1060 Å². The van der Waals surface area contributed by atoms with Crippen LogP contribution < -0.4 is 1240 Å². The maximum Gasteiger partial charge on any atom is 1.00 e. The van der Waals surface area contributed by atoms with Crippen LogP contribution in [0.5, 0.6) is 0 Å². The molecule has 0 saturated heterocycles. The zero-order valence-corrected chi connectivity index (χ0v) is 144. The summed E-state index contributed by atoms with van der Waals surface area (Å²) in [6.45, 7) is 0. The van der Waals surface area contributed by atoms with Gasteiger partial charge in [0.1, 0.15) is 0 Å². The second-order valence-electron chi connectivity index (χ2n) is 5.37. The Bertz CT molecular complexity index is 1120. The molecule has 96 heteroatoms. The van der Waals surface area contributed by atoms with E-state index in [1.807, 2.05) is 0 Å². The molecule has 0 aromatic rings. The van der Waals surface area contributed by atoms with Gasteiger partial charge in [-0.3, -0.25) is 0 Å². The second kappa shape index (κ2) is 191. The smallest absolute Gasteiger partial charge is 0.822 e. The standard InChI is InChI=1S/36Na.12H3O4P/c;;;;;;;;;;;;;;;;;;;;;;;;;;;;;;;;;;;;12*1-5(2,3)4/h;;;;;;;;;;;;;;;;;;;;;;;;;;;;;;;;;;;;12*(H3,1,2,3,4)/q36*+1;;;;;;;;;;;;/p-36. The van der Waals surface area contributed by atoms with Gasteiger partial charge in [-0.15, -0.1) is 0 Å². The van der Waals surface area contributed by atoms with Crippen LogP contribution in [0.2, 0.25) is 0 Å². The van der Waals surface area contributed by atoms with Crippen LogP contribution in [0.4, 0.5) is 0 Å². The first-order valence-electron chi connectivity index (χ1n) is 8.76. The van der Waals surface area contributed by atoms with Gasteiger partial charge in [0.05, 0.1) is 0 Å². The first kappa shape index (κ1) is 321. The van der Waals surface area contributed by atoms with Crippen molar-refractivity contribution in [2.24, 2.45) is 0 Å². The fraction of sp³-hybridized carbons (Fsp3) is 0. The molecule has 0 amide bonds. The van der Waals surface area contributed by atoms with Crippen LogP contribution in [-0.2, 0) is 54.8 Å². The fourth-order valence-corrected chi connectivity index (χ4v) is 0. The van der Waals surface area contributed by atoms with Crippen molar-refractivity contribution in [2.45, 2.75) is 0 Å². The van der Waals surface area contributed by atoms with Crippen molar-refractivity contribution in [2.75, 3.05) is 0 Å². The predicted octanol–water partition coefficient (Wildman–Crippen LogP) is -142. The topological polar surface area (TPSA) is 1030 Å². The molecule has 0 aromatic heterocycles. The molecule has 0 rings (SSSR count). The Balaban J connectivity index is -0.00000000550. The van der Waals surface area contributed by atoms with Crippen LogP contribution >= 0.6 is 93.9 Å².